The molecule has 2 heterocycles. The van der Waals surface area contributed by atoms with Crippen molar-refractivity contribution in [3.63, 3.8) is 0 Å². The van der Waals surface area contributed by atoms with Gasteiger partial charge in [-0.2, -0.15) is 0 Å². The molecule has 28 heavy (non-hydrogen) atoms. The number of nitrogens with zero attached hydrogens (tertiary/aromatic N) is 2. The van der Waals surface area contributed by atoms with E-state index in [1.54, 1.807) is 0 Å². The second-order valence-electron chi connectivity index (χ2n) is 7.26. The zero-order valence-corrected chi connectivity index (χ0v) is 15.5. The minimum atomic E-state index is -0.428. The summed E-state index contributed by atoms with van der Waals surface area (Å²) in [4.78, 5) is 20.5. The Morgan fingerprint density at radius 3 is 2.43 bits per heavy atom. The van der Waals surface area contributed by atoms with Crippen LogP contribution in [0.1, 0.15) is 16.7 Å². The summed E-state index contributed by atoms with van der Waals surface area (Å²) in [5.41, 5.74) is 6.01. The Bertz CT molecular complexity index is 1060. The molecule has 3 aromatic rings. The molecular weight excluding hydrogens is 346 g/mol. The van der Waals surface area contributed by atoms with Crippen LogP contribution in [0, 0.1) is 0 Å². The number of benzene rings is 3. The molecule has 0 fully saturated rings. The number of amides is 1. The Kier molecular flexibility index (Phi) is 4.26. The standard InChI is InChI=1S/C24H21N3O/c28-24-23(27-15-14-17-8-4-5-11-19(17)16-27)22(18-9-2-1-3-10-18)25-20-12-6-7-13-21(20)26-24/h1-13,23H,14-16H2,(H,26,28)/t23-/m0/s1. The van der Waals surface area contributed by atoms with E-state index < -0.39 is 6.04 Å². The van der Waals surface area contributed by atoms with Crippen molar-refractivity contribution in [2.24, 2.45) is 4.99 Å². The predicted octanol–water partition coefficient (Wildman–Crippen LogP) is 4.19. The smallest absolute Gasteiger partial charge is 0.248 e. The molecule has 0 radical (unpaired) electrons. The highest BCUT2D eigenvalue weighted by Crippen LogP contribution is 2.31. The number of aliphatic imine (C=N–C) groups is 1. The monoisotopic (exact) mass is 367 g/mol. The number of hydrogen-bond acceptors (Lipinski definition) is 3. The van der Waals surface area contributed by atoms with Crippen molar-refractivity contribution < 1.29 is 4.79 Å². The van der Waals surface area contributed by atoms with Gasteiger partial charge in [-0.15, -0.1) is 0 Å². The molecule has 2 aliphatic heterocycles. The Labute approximate surface area is 164 Å². The van der Waals surface area contributed by atoms with E-state index in [1.165, 1.54) is 11.1 Å². The second kappa shape index (κ2) is 7.06. The number of anilines is 1. The first kappa shape index (κ1) is 16.9. The van der Waals surface area contributed by atoms with E-state index in [9.17, 15) is 4.79 Å². The molecule has 5 rings (SSSR count). The predicted molar refractivity (Wildman–Crippen MR) is 112 cm³/mol. The van der Waals surface area contributed by atoms with Crippen molar-refractivity contribution in [3.05, 3.63) is 95.6 Å². The van der Waals surface area contributed by atoms with Crippen molar-refractivity contribution >= 4 is 23.0 Å². The van der Waals surface area contributed by atoms with Gasteiger partial charge in [-0.3, -0.25) is 9.69 Å². The average Bonchev–Trinajstić information content (AvgIpc) is 2.89. The van der Waals surface area contributed by atoms with Crippen LogP contribution in [0.25, 0.3) is 0 Å². The van der Waals surface area contributed by atoms with Gasteiger partial charge < -0.3 is 5.32 Å². The third-order valence-corrected chi connectivity index (χ3v) is 5.51. The van der Waals surface area contributed by atoms with Crippen LogP contribution in [0.3, 0.4) is 0 Å². The summed E-state index contributed by atoms with van der Waals surface area (Å²) in [5, 5.41) is 3.10. The van der Waals surface area contributed by atoms with E-state index in [1.807, 2.05) is 54.6 Å². The fourth-order valence-electron chi connectivity index (χ4n) is 4.10. The maximum atomic E-state index is 13.3. The van der Waals surface area contributed by atoms with Gasteiger partial charge in [0.15, 0.2) is 0 Å². The number of carbonyl (C=O) groups excluding carboxylic acids is 1. The van der Waals surface area contributed by atoms with E-state index >= 15 is 0 Å². The molecule has 138 valence electrons. The maximum absolute atomic E-state index is 13.3. The first-order valence-electron chi connectivity index (χ1n) is 9.64. The third kappa shape index (κ3) is 3.02. The Balaban J connectivity index is 1.60. The molecule has 1 amide bonds. The summed E-state index contributed by atoms with van der Waals surface area (Å²) in [7, 11) is 0. The van der Waals surface area contributed by atoms with Gasteiger partial charge in [-0.25, -0.2) is 4.99 Å². The minimum Gasteiger partial charge on any atom is -0.322 e. The Hall–Kier alpha value is -3.24. The maximum Gasteiger partial charge on any atom is 0.248 e. The molecule has 1 atom stereocenters. The van der Waals surface area contributed by atoms with Crippen molar-refractivity contribution in [1.29, 1.82) is 0 Å². The van der Waals surface area contributed by atoms with E-state index in [0.29, 0.717) is 0 Å². The van der Waals surface area contributed by atoms with Gasteiger partial charge in [0, 0.05) is 13.1 Å². The number of carbonyl (C=O) groups is 1. The molecule has 4 heteroatoms. The number of nitrogens with one attached hydrogen (secondary N) is 1. The Morgan fingerprint density at radius 2 is 1.57 bits per heavy atom. The lowest BCUT2D eigenvalue weighted by Crippen LogP contribution is -2.50. The van der Waals surface area contributed by atoms with Crippen LogP contribution in [0.5, 0.6) is 0 Å². The van der Waals surface area contributed by atoms with E-state index in [-0.39, 0.29) is 5.91 Å². The molecule has 0 unspecified atom stereocenters. The third-order valence-electron chi connectivity index (χ3n) is 5.51. The lowest BCUT2D eigenvalue weighted by atomic mass is 9.95. The fourth-order valence-corrected chi connectivity index (χ4v) is 4.10. The van der Waals surface area contributed by atoms with Crippen LogP contribution < -0.4 is 5.32 Å². The molecule has 3 aromatic carbocycles. The highest BCUT2D eigenvalue weighted by molar-refractivity contribution is 6.22. The van der Waals surface area contributed by atoms with Crippen molar-refractivity contribution in [3.8, 4) is 0 Å². The molecule has 0 saturated heterocycles. The molecule has 0 bridgehead atoms. The van der Waals surface area contributed by atoms with Gasteiger partial charge >= 0.3 is 0 Å². The summed E-state index contributed by atoms with van der Waals surface area (Å²) in [5.74, 6) is -0.0214. The normalized spacial score (nSPS) is 19.1. The molecule has 0 aromatic heterocycles. The van der Waals surface area contributed by atoms with Gasteiger partial charge in [0.2, 0.25) is 5.91 Å². The van der Waals surface area contributed by atoms with Crippen LogP contribution in [-0.2, 0) is 17.8 Å². The largest absolute Gasteiger partial charge is 0.322 e. The molecule has 1 N–H and O–H groups in total. The van der Waals surface area contributed by atoms with Crippen LogP contribution in [-0.4, -0.2) is 29.1 Å². The zero-order chi connectivity index (χ0) is 18.9. The van der Waals surface area contributed by atoms with Crippen LogP contribution in [0.4, 0.5) is 11.4 Å². The highest BCUT2D eigenvalue weighted by atomic mass is 16.2. The lowest BCUT2D eigenvalue weighted by Gasteiger charge is -2.34. The summed E-state index contributed by atoms with van der Waals surface area (Å²) >= 11 is 0. The van der Waals surface area contributed by atoms with Crippen LogP contribution in [0.15, 0.2) is 83.9 Å². The topological polar surface area (TPSA) is 44.7 Å². The fraction of sp³-hybridized carbons (Fsp3) is 0.167. The molecule has 0 aliphatic carbocycles. The van der Waals surface area contributed by atoms with Crippen LogP contribution >= 0.6 is 0 Å². The van der Waals surface area contributed by atoms with Gasteiger partial charge in [0.25, 0.3) is 0 Å². The molecular formula is C24H21N3O. The number of fused-ring (bicyclic) bond motifs is 2. The molecule has 0 saturated carbocycles. The Morgan fingerprint density at radius 1 is 0.857 bits per heavy atom. The molecule has 4 nitrogen and oxygen atoms in total. The number of hydrogen-bond donors (Lipinski definition) is 1. The quantitative estimate of drug-likeness (QED) is 0.738. The second-order valence-corrected chi connectivity index (χ2v) is 7.26. The van der Waals surface area contributed by atoms with E-state index in [2.05, 4.69) is 34.5 Å². The molecule has 2 aliphatic rings. The van der Waals surface area contributed by atoms with Gasteiger partial charge in [-0.1, -0.05) is 66.7 Å². The summed E-state index contributed by atoms with van der Waals surface area (Å²) in [6.45, 7) is 1.58. The highest BCUT2D eigenvalue weighted by Gasteiger charge is 2.35. The minimum absolute atomic E-state index is 0.0214. The van der Waals surface area contributed by atoms with Crippen molar-refractivity contribution in [2.45, 2.75) is 19.0 Å². The van der Waals surface area contributed by atoms with E-state index in [0.717, 1.165) is 42.2 Å². The van der Waals surface area contributed by atoms with E-state index in [4.69, 9.17) is 4.99 Å². The number of rotatable bonds is 2. The van der Waals surface area contributed by atoms with Crippen molar-refractivity contribution in [1.82, 2.24) is 4.90 Å². The molecule has 0 spiro atoms. The van der Waals surface area contributed by atoms with Gasteiger partial charge in [-0.05, 0) is 35.2 Å². The summed E-state index contributed by atoms with van der Waals surface area (Å²) < 4.78 is 0. The summed E-state index contributed by atoms with van der Waals surface area (Å²) in [6, 6.07) is 25.8. The van der Waals surface area contributed by atoms with Crippen molar-refractivity contribution in [2.75, 3.05) is 11.9 Å². The van der Waals surface area contributed by atoms with Gasteiger partial charge in [0.05, 0.1) is 17.1 Å². The average molecular weight is 367 g/mol. The first-order chi connectivity index (χ1) is 13.8. The lowest BCUT2D eigenvalue weighted by molar-refractivity contribution is -0.119. The van der Waals surface area contributed by atoms with Crippen LogP contribution in [0.2, 0.25) is 0 Å². The number of para-hydroxylation sites is 2. The first-order valence-corrected chi connectivity index (χ1v) is 9.64. The van der Waals surface area contributed by atoms with Gasteiger partial charge in [0.1, 0.15) is 6.04 Å². The summed E-state index contributed by atoms with van der Waals surface area (Å²) in [6.07, 6.45) is 0.939. The zero-order valence-electron chi connectivity index (χ0n) is 15.5. The SMILES string of the molecule is O=C1Nc2ccccc2N=C(c2ccccc2)[C@@H]1N1CCc2ccccc2C1.